The Balaban J connectivity index is 1.51. The van der Waals surface area contributed by atoms with E-state index in [1.54, 1.807) is 30.7 Å². The average molecular weight is 321 g/mol. The van der Waals surface area contributed by atoms with E-state index in [1.165, 1.54) is 6.07 Å². The van der Waals surface area contributed by atoms with Crippen LogP contribution in [0.3, 0.4) is 0 Å². The van der Waals surface area contributed by atoms with Crippen LogP contribution in [-0.2, 0) is 6.42 Å². The quantitative estimate of drug-likeness (QED) is 0.803. The molecule has 1 unspecified atom stereocenters. The van der Waals surface area contributed by atoms with Gasteiger partial charge in [-0.15, -0.1) is 0 Å². The van der Waals surface area contributed by atoms with Gasteiger partial charge in [0.25, 0.3) is 5.91 Å². The van der Waals surface area contributed by atoms with Crippen LogP contribution >= 0.6 is 0 Å². The Hall–Kier alpha value is -2.95. The summed E-state index contributed by atoms with van der Waals surface area (Å²) in [6.07, 6.45) is 6.65. The summed E-state index contributed by atoms with van der Waals surface area (Å²) >= 11 is 0. The zero-order valence-electron chi connectivity index (χ0n) is 12.9. The van der Waals surface area contributed by atoms with Crippen molar-refractivity contribution in [3.63, 3.8) is 0 Å². The summed E-state index contributed by atoms with van der Waals surface area (Å²) in [5.41, 5.74) is 3.14. The molecule has 24 heavy (non-hydrogen) atoms. The summed E-state index contributed by atoms with van der Waals surface area (Å²) in [5, 5.41) is 3.01. The van der Waals surface area contributed by atoms with Crippen molar-refractivity contribution in [2.24, 2.45) is 0 Å². The van der Waals surface area contributed by atoms with Crippen molar-refractivity contribution in [1.29, 1.82) is 0 Å². The number of fused-ring (bicyclic) bond motifs is 1. The number of nitrogens with one attached hydrogen (secondary N) is 1. The highest BCUT2D eigenvalue weighted by molar-refractivity contribution is 5.94. The van der Waals surface area contributed by atoms with Gasteiger partial charge in [-0.2, -0.15) is 0 Å². The van der Waals surface area contributed by atoms with Crippen LogP contribution < -0.4 is 5.32 Å². The van der Waals surface area contributed by atoms with E-state index in [1.807, 2.05) is 29.0 Å². The molecule has 4 rings (SSSR count). The number of carbonyl (C=O) groups is 1. The SMILES string of the molecule is O=C(NC1CCc2c(F)cccc21)c1ccc(-n2ccnc2)cc1. The van der Waals surface area contributed by atoms with E-state index >= 15 is 0 Å². The van der Waals surface area contributed by atoms with Crippen LogP contribution in [0.25, 0.3) is 5.69 Å². The number of carbonyl (C=O) groups excluding carboxylic acids is 1. The van der Waals surface area contributed by atoms with Crippen molar-refractivity contribution in [2.45, 2.75) is 18.9 Å². The summed E-state index contributed by atoms with van der Waals surface area (Å²) in [7, 11) is 0. The highest BCUT2D eigenvalue weighted by Gasteiger charge is 2.26. The van der Waals surface area contributed by atoms with Gasteiger partial charge in [-0.3, -0.25) is 4.79 Å². The first kappa shape index (κ1) is 14.6. The molecule has 0 bridgehead atoms. The van der Waals surface area contributed by atoms with E-state index in [2.05, 4.69) is 10.3 Å². The smallest absolute Gasteiger partial charge is 0.251 e. The number of benzene rings is 2. The molecule has 1 heterocycles. The minimum atomic E-state index is -0.186. The molecule has 1 atom stereocenters. The second-order valence-electron chi connectivity index (χ2n) is 5.89. The van der Waals surface area contributed by atoms with E-state index in [-0.39, 0.29) is 17.8 Å². The van der Waals surface area contributed by atoms with E-state index in [0.717, 1.165) is 23.2 Å². The lowest BCUT2D eigenvalue weighted by molar-refractivity contribution is 0.0936. The molecule has 3 aromatic rings. The molecule has 0 aliphatic heterocycles. The number of aromatic nitrogens is 2. The van der Waals surface area contributed by atoms with Gasteiger partial charge in [-0.1, -0.05) is 12.1 Å². The molecule has 120 valence electrons. The Morgan fingerprint density at radius 1 is 1.21 bits per heavy atom. The van der Waals surface area contributed by atoms with Crippen LogP contribution in [0, 0.1) is 5.82 Å². The molecule has 0 spiro atoms. The van der Waals surface area contributed by atoms with Gasteiger partial charge in [-0.05, 0) is 54.3 Å². The standard InChI is InChI=1S/C19H16FN3O/c20-17-3-1-2-16-15(17)8-9-18(16)22-19(24)13-4-6-14(7-5-13)23-11-10-21-12-23/h1-7,10-12,18H,8-9H2,(H,22,24). The summed E-state index contributed by atoms with van der Waals surface area (Å²) in [6, 6.07) is 12.2. The van der Waals surface area contributed by atoms with Gasteiger partial charge in [-0.25, -0.2) is 9.37 Å². The van der Waals surface area contributed by atoms with Gasteiger partial charge < -0.3 is 9.88 Å². The highest BCUT2D eigenvalue weighted by atomic mass is 19.1. The molecule has 4 nitrogen and oxygen atoms in total. The molecule has 1 aliphatic rings. The fourth-order valence-electron chi connectivity index (χ4n) is 3.20. The summed E-state index contributed by atoms with van der Waals surface area (Å²) in [4.78, 5) is 16.5. The molecular weight excluding hydrogens is 305 g/mol. The maximum atomic E-state index is 13.8. The lowest BCUT2D eigenvalue weighted by atomic mass is 10.1. The van der Waals surface area contributed by atoms with Gasteiger partial charge in [0, 0.05) is 23.6 Å². The predicted molar refractivity (Wildman–Crippen MR) is 88.5 cm³/mol. The maximum absolute atomic E-state index is 13.8. The molecule has 2 aromatic carbocycles. The van der Waals surface area contributed by atoms with Crippen LogP contribution in [0.4, 0.5) is 4.39 Å². The molecule has 1 aliphatic carbocycles. The molecule has 0 saturated carbocycles. The van der Waals surface area contributed by atoms with Crippen molar-refractivity contribution < 1.29 is 9.18 Å². The molecule has 0 radical (unpaired) electrons. The van der Waals surface area contributed by atoms with Crippen molar-refractivity contribution in [3.8, 4) is 5.69 Å². The highest BCUT2D eigenvalue weighted by Crippen LogP contribution is 2.32. The Bertz CT molecular complexity index is 872. The normalized spacial score (nSPS) is 16.0. The monoisotopic (exact) mass is 321 g/mol. The third-order valence-electron chi connectivity index (χ3n) is 4.45. The molecule has 0 fully saturated rings. The number of rotatable bonds is 3. The van der Waals surface area contributed by atoms with Crippen LogP contribution in [0.1, 0.15) is 33.9 Å². The first-order chi connectivity index (χ1) is 11.7. The van der Waals surface area contributed by atoms with Crippen LogP contribution in [0.2, 0.25) is 0 Å². The third-order valence-corrected chi connectivity index (χ3v) is 4.45. The van der Waals surface area contributed by atoms with E-state index < -0.39 is 0 Å². The lowest BCUT2D eigenvalue weighted by Gasteiger charge is -2.14. The molecule has 5 heteroatoms. The maximum Gasteiger partial charge on any atom is 0.251 e. The van der Waals surface area contributed by atoms with E-state index in [9.17, 15) is 9.18 Å². The number of hydrogen-bond donors (Lipinski definition) is 1. The zero-order valence-corrected chi connectivity index (χ0v) is 12.9. The Morgan fingerprint density at radius 3 is 2.79 bits per heavy atom. The topological polar surface area (TPSA) is 46.9 Å². The number of hydrogen-bond acceptors (Lipinski definition) is 2. The molecule has 1 N–H and O–H groups in total. The Kier molecular flexibility index (Phi) is 3.61. The number of halogens is 1. The summed E-state index contributed by atoms with van der Waals surface area (Å²) in [5.74, 6) is -0.330. The van der Waals surface area contributed by atoms with Crippen LogP contribution in [0.5, 0.6) is 0 Å². The second kappa shape index (κ2) is 5.92. The van der Waals surface area contributed by atoms with Crippen molar-refractivity contribution in [1.82, 2.24) is 14.9 Å². The van der Waals surface area contributed by atoms with E-state index in [0.29, 0.717) is 12.0 Å². The molecular formula is C19H16FN3O. The average Bonchev–Trinajstić information content (AvgIpc) is 3.26. The fraction of sp³-hybridized carbons (Fsp3) is 0.158. The fourth-order valence-corrected chi connectivity index (χ4v) is 3.20. The van der Waals surface area contributed by atoms with Gasteiger partial charge in [0.2, 0.25) is 0 Å². The summed E-state index contributed by atoms with van der Waals surface area (Å²) in [6.45, 7) is 0. The molecule has 1 amide bonds. The molecule has 0 saturated heterocycles. The van der Waals surface area contributed by atoms with Crippen LogP contribution in [0.15, 0.2) is 61.2 Å². The van der Waals surface area contributed by atoms with Crippen molar-refractivity contribution in [2.75, 3.05) is 0 Å². The Morgan fingerprint density at radius 2 is 2.04 bits per heavy atom. The zero-order chi connectivity index (χ0) is 16.5. The largest absolute Gasteiger partial charge is 0.345 e. The second-order valence-corrected chi connectivity index (χ2v) is 5.89. The van der Waals surface area contributed by atoms with Crippen molar-refractivity contribution in [3.05, 3.63) is 83.7 Å². The van der Waals surface area contributed by atoms with Crippen LogP contribution in [-0.4, -0.2) is 15.5 Å². The first-order valence-electron chi connectivity index (χ1n) is 7.89. The van der Waals surface area contributed by atoms with Gasteiger partial charge in [0.05, 0.1) is 12.4 Å². The minimum Gasteiger partial charge on any atom is -0.345 e. The Labute approximate surface area is 139 Å². The van der Waals surface area contributed by atoms with Crippen molar-refractivity contribution >= 4 is 5.91 Å². The van der Waals surface area contributed by atoms with Gasteiger partial charge >= 0.3 is 0 Å². The minimum absolute atomic E-state index is 0.128. The van der Waals surface area contributed by atoms with Gasteiger partial charge in [0.1, 0.15) is 5.82 Å². The third kappa shape index (κ3) is 2.58. The van der Waals surface area contributed by atoms with Gasteiger partial charge in [0.15, 0.2) is 0 Å². The predicted octanol–water partition coefficient (Wildman–Crippen LogP) is 3.43. The van der Waals surface area contributed by atoms with E-state index in [4.69, 9.17) is 0 Å². The number of amides is 1. The first-order valence-corrected chi connectivity index (χ1v) is 7.89. The lowest BCUT2D eigenvalue weighted by Crippen LogP contribution is -2.27. The number of imidazole rings is 1. The summed E-state index contributed by atoms with van der Waals surface area (Å²) < 4.78 is 15.7. The number of nitrogens with zero attached hydrogens (tertiary/aromatic N) is 2. The molecule has 1 aromatic heterocycles.